The molecule has 0 saturated carbocycles. The predicted octanol–water partition coefficient (Wildman–Crippen LogP) is 8.07. The summed E-state index contributed by atoms with van der Waals surface area (Å²) in [5.74, 6) is -1.38. The molecule has 260 valence electrons. The average Bonchev–Trinajstić information content (AvgIpc) is 3.02. The van der Waals surface area contributed by atoms with Gasteiger partial charge in [0.05, 0.1) is 21.2 Å². The number of amides is 2. The smallest absolute Gasteiger partial charge is 0.350 e. The number of halogens is 5. The third kappa shape index (κ3) is 9.77. The molecule has 0 aromatic heterocycles. The number of nitrogens with one attached hydrogen (secondary N) is 1. The number of anilines is 1. The van der Waals surface area contributed by atoms with Gasteiger partial charge in [0.25, 0.3) is 10.0 Å². The molecule has 4 aromatic carbocycles. The molecule has 0 heterocycles. The highest BCUT2D eigenvalue weighted by Crippen LogP contribution is 2.38. The van der Waals surface area contributed by atoms with Gasteiger partial charge >= 0.3 is 6.18 Å². The molecule has 0 aliphatic carbocycles. The summed E-state index contributed by atoms with van der Waals surface area (Å²) in [6.07, 6.45) is -4.87. The van der Waals surface area contributed by atoms with Crippen LogP contribution in [0.25, 0.3) is 0 Å². The SMILES string of the molecule is Cc1ccc(S(=O)(=O)N(CC(=O)N(Cc2ccccc2Cl)[C@@H](Cc2ccccc2)C(=O)NC(C)(C)C)c2ccc(Cl)c(C(F)(F)F)c2)cc1. The van der Waals surface area contributed by atoms with Crippen LogP contribution in [0, 0.1) is 6.92 Å². The van der Waals surface area contributed by atoms with Gasteiger partial charge < -0.3 is 10.2 Å². The quantitative estimate of drug-likeness (QED) is 0.169. The average molecular weight is 735 g/mol. The van der Waals surface area contributed by atoms with Crippen molar-refractivity contribution in [3.05, 3.63) is 129 Å². The highest BCUT2D eigenvalue weighted by molar-refractivity contribution is 7.92. The van der Waals surface area contributed by atoms with Crippen molar-refractivity contribution in [1.29, 1.82) is 0 Å². The Labute approximate surface area is 294 Å². The normalized spacial score (nSPS) is 12.7. The molecule has 1 N–H and O–H groups in total. The number of carbonyl (C=O) groups is 2. The molecule has 49 heavy (non-hydrogen) atoms. The summed E-state index contributed by atoms with van der Waals surface area (Å²) >= 11 is 12.4. The van der Waals surface area contributed by atoms with Crippen molar-refractivity contribution in [2.75, 3.05) is 10.8 Å². The Morgan fingerprint density at radius 2 is 1.45 bits per heavy atom. The number of benzene rings is 4. The fourth-order valence-electron chi connectivity index (χ4n) is 5.07. The van der Waals surface area contributed by atoms with Gasteiger partial charge in [0.1, 0.15) is 12.6 Å². The van der Waals surface area contributed by atoms with Crippen molar-refractivity contribution < 1.29 is 31.2 Å². The summed E-state index contributed by atoms with van der Waals surface area (Å²) < 4.78 is 70.9. The number of nitrogens with zero attached hydrogens (tertiary/aromatic N) is 2. The van der Waals surface area contributed by atoms with Crippen LogP contribution in [-0.2, 0) is 38.8 Å². The summed E-state index contributed by atoms with van der Waals surface area (Å²) in [7, 11) is -4.64. The van der Waals surface area contributed by atoms with Gasteiger partial charge in [0.15, 0.2) is 0 Å². The van der Waals surface area contributed by atoms with E-state index in [2.05, 4.69) is 5.32 Å². The van der Waals surface area contributed by atoms with Gasteiger partial charge in [0.2, 0.25) is 11.8 Å². The lowest BCUT2D eigenvalue weighted by Crippen LogP contribution is -2.56. The number of alkyl halides is 3. The third-order valence-electron chi connectivity index (χ3n) is 7.50. The van der Waals surface area contributed by atoms with Crippen molar-refractivity contribution in [3.63, 3.8) is 0 Å². The van der Waals surface area contributed by atoms with Crippen molar-refractivity contribution in [3.8, 4) is 0 Å². The van der Waals surface area contributed by atoms with Crippen molar-refractivity contribution in [1.82, 2.24) is 10.2 Å². The largest absolute Gasteiger partial charge is 0.417 e. The van der Waals surface area contributed by atoms with E-state index >= 15 is 0 Å². The predicted molar refractivity (Wildman–Crippen MR) is 186 cm³/mol. The van der Waals surface area contributed by atoms with E-state index in [1.807, 2.05) is 0 Å². The van der Waals surface area contributed by atoms with Gasteiger partial charge in [-0.25, -0.2) is 8.42 Å². The van der Waals surface area contributed by atoms with Crippen LogP contribution >= 0.6 is 23.2 Å². The van der Waals surface area contributed by atoms with Gasteiger partial charge in [-0.3, -0.25) is 13.9 Å². The van der Waals surface area contributed by atoms with Crippen molar-refractivity contribution in [2.45, 2.75) is 63.3 Å². The molecule has 0 saturated heterocycles. The molecule has 4 rings (SSSR count). The van der Waals surface area contributed by atoms with Crippen LogP contribution < -0.4 is 9.62 Å². The second kappa shape index (κ2) is 15.2. The second-order valence-electron chi connectivity index (χ2n) is 12.5. The Morgan fingerprint density at radius 3 is 2.04 bits per heavy atom. The monoisotopic (exact) mass is 733 g/mol. The first-order chi connectivity index (χ1) is 22.9. The molecule has 2 amide bonds. The van der Waals surface area contributed by atoms with E-state index in [1.54, 1.807) is 82.3 Å². The maximum absolute atomic E-state index is 14.6. The van der Waals surface area contributed by atoms with Crippen LogP contribution in [0.15, 0.2) is 102 Å². The standard InChI is InChI=1S/C36H36Cl2F3N3O4S/c1-24-14-17-28(18-15-24)49(47,48)44(27-16-19-31(38)29(21-27)36(39,40)41)23-33(45)43(22-26-12-8-9-13-30(26)37)32(34(46)42-35(2,3)4)20-25-10-6-5-7-11-25/h5-19,21,32H,20,22-23H2,1-4H3,(H,42,46)/t32-/m0/s1. The molecule has 0 unspecified atom stereocenters. The zero-order valence-corrected chi connectivity index (χ0v) is 29.6. The Morgan fingerprint density at radius 1 is 0.837 bits per heavy atom. The summed E-state index contributed by atoms with van der Waals surface area (Å²) in [4.78, 5) is 29.5. The molecule has 0 bridgehead atoms. The van der Waals surface area contributed by atoms with Crippen LogP contribution in [0.4, 0.5) is 18.9 Å². The molecule has 7 nitrogen and oxygen atoms in total. The highest BCUT2D eigenvalue weighted by Gasteiger charge is 2.38. The van der Waals surface area contributed by atoms with Gasteiger partial charge in [0, 0.05) is 23.5 Å². The third-order valence-corrected chi connectivity index (χ3v) is 9.99. The molecular formula is C36H36Cl2F3N3O4S. The van der Waals surface area contributed by atoms with E-state index in [1.165, 1.54) is 29.2 Å². The minimum atomic E-state index is -4.92. The topological polar surface area (TPSA) is 86.8 Å². The van der Waals surface area contributed by atoms with Crippen molar-refractivity contribution in [2.24, 2.45) is 0 Å². The van der Waals surface area contributed by atoms with E-state index in [4.69, 9.17) is 23.2 Å². The lowest BCUT2D eigenvalue weighted by Gasteiger charge is -2.35. The lowest BCUT2D eigenvalue weighted by molar-refractivity contribution is -0.140. The number of carbonyl (C=O) groups excluding carboxylic acids is 2. The zero-order valence-electron chi connectivity index (χ0n) is 27.3. The molecule has 0 spiro atoms. The van der Waals surface area contributed by atoms with E-state index in [-0.39, 0.29) is 17.9 Å². The minimum Gasteiger partial charge on any atom is -0.350 e. The molecule has 0 aliphatic heterocycles. The van der Waals surface area contributed by atoms with Crippen LogP contribution in [0.2, 0.25) is 10.0 Å². The Balaban J connectivity index is 1.89. The maximum Gasteiger partial charge on any atom is 0.417 e. The molecule has 0 radical (unpaired) electrons. The molecular weight excluding hydrogens is 698 g/mol. The van der Waals surface area contributed by atoms with E-state index in [9.17, 15) is 31.2 Å². The molecule has 13 heteroatoms. The van der Waals surface area contributed by atoms with Gasteiger partial charge in [-0.15, -0.1) is 0 Å². The minimum absolute atomic E-state index is 0.0445. The maximum atomic E-state index is 14.6. The summed E-state index contributed by atoms with van der Waals surface area (Å²) in [5.41, 5.74) is -0.497. The van der Waals surface area contributed by atoms with Crippen LogP contribution in [-0.4, -0.2) is 43.3 Å². The molecule has 0 fully saturated rings. The summed E-state index contributed by atoms with van der Waals surface area (Å²) in [6.45, 7) is 5.92. The first-order valence-electron chi connectivity index (χ1n) is 15.2. The second-order valence-corrected chi connectivity index (χ2v) is 15.2. The van der Waals surface area contributed by atoms with Crippen molar-refractivity contribution >= 4 is 50.7 Å². The fourth-order valence-corrected chi connectivity index (χ4v) is 6.90. The van der Waals surface area contributed by atoms with Crippen LogP contribution in [0.3, 0.4) is 0 Å². The molecule has 1 atom stereocenters. The van der Waals surface area contributed by atoms with Gasteiger partial charge in [-0.2, -0.15) is 13.2 Å². The Hall–Kier alpha value is -4.06. The number of rotatable bonds is 11. The zero-order chi connectivity index (χ0) is 36.1. The molecule has 0 aliphatic rings. The fraction of sp³-hybridized carbons (Fsp3) is 0.278. The summed E-state index contributed by atoms with van der Waals surface area (Å²) in [5, 5.41) is 2.57. The van der Waals surface area contributed by atoms with E-state index < -0.39 is 62.4 Å². The highest BCUT2D eigenvalue weighted by atomic mass is 35.5. The lowest BCUT2D eigenvalue weighted by atomic mass is 10.0. The first kappa shape index (κ1) is 37.8. The number of hydrogen-bond donors (Lipinski definition) is 1. The number of aryl methyl sites for hydroxylation is 1. The Kier molecular flexibility index (Phi) is 11.7. The Bertz CT molecular complexity index is 1900. The van der Waals surface area contributed by atoms with Crippen LogP contribution in [0.1, 0.15) is 43.0 Å². The van der Waals surface area contributed by atoms with E-state index in [0.29, 0.717) is 26.5 Å². The first-order valence-corrected chi connectivity index (χ1v) is 17.4. The molecule has 4 aromatic rings. The number of hydrogen-bond acceptors (Lipinski definition) is 4. The van der Waals surface area contributed by atoms with E-state index in [0.717, 1.165) is 17.7 Å². The van der Waals surface area contributed by atoms with Crippen LogP contribution in [0.5, 0.6) is 0 Å². The number of sulfonamides is 1. The van der Waals surface area contributed by atoms with Gasteiger partial charge in [-0.05, 0) is 75.2 Å². The van der Waals surface area contributed by atoms with Gasteiger partial charge in [-0.1, -0.05) is 89.4 Å². The summed E-state index contributed by atoms with van der Waals surface area (Å²) in [6, 6.07) is 22.7.